The molecule has 0 saturated carbocycles. The van der Waals surface area contributed by atoms with E-state index in [9.17, 15) is 9.59 Å². The van der Waals surface area contributed by atoms with Crippen LogP contribution in [0.15, 0.2) is 18.2 Å². The summed E-state index contributed by atoms with van der Waals surface area (Å²) in [7, 11) is 3.91. The molecule has 2 unspecified atom stereocenters. The summed E-state index contributed by atoms with van der Waals surface area (Å²) in [6.07, 6.45) is 5.09. The Morgan fingerprint density at radius 2 is 2.14 bits per heavy atom. The van der Waals surface area contributed by atoms with Crippen LogP contribution in [0.2, 0.25) is 0 Å². The number of fused-ring (bicyclic) bond motifs is 1. The van der Waals surface area contributed by atoms with Crippen LogP contribution in [0, 0.1) is 0 Å². The summed E-state index contributed by atoms with van der Waals surface area (Å²) >= 11 is 0. The average Bonchev–Trinajstić information content (AvgIpc) is 3.36. The van der Waals surface area contributed by atoms with Crippen LogP contribution in [0.25, 0.3) is 0 Å². The molecule has 3 rings (SSSR count). The van der Waals surface area contributed by atoms with Gasteiger partial charge in [0.25, 0.3) is 0 Å². The van der Waals surface area contributed by atoms with Gasteiger partial charge in [-0.2, -0.15) is 0 Å². The average molecular weight is 426 g/mol. The van der Waals surface area contributed by atoms with Gasteiger partial charge < -0.3 is 19.5 Å². The van der Waals surface area contributed by atoms with Crippen LogP contribution >= 0.6 is 21.6 Å². The van der Waals surface area contributed by atoms with Gasteiger partial charge in [0.05, 0.1) is 6.61 Å². The van der Waals surface area contributed by atoms with Crippen molar-refractivity contribution < 1.29 is 23.8 Å². The molecule has 1 aromatic carbocycles. The number of amides is 1. The first-order valence-electron chi connectivity index (χ1n) is 9.78. The van der Waals surface area contributed by atoms with Gasteiger partial charge in [-0.15, -0.1) is 0 Å². The Kier molecular flexibility index (Phi) is 8.21. The van der Waals surface area contributed by atoms with Gasteiger partial charge in [0.2, 0.25) is 12.7 Å². The summed E-state index contributed by atoms with van der Waals surface area (Å²) in [4.78, 5) is 24.7. The molecule has 2 aliphatic rings. The highest BCUT2D eigenvalue weighted by Crippen LogP contribution is 2.39. The Hall–Kier alpha value is -1.54. The van der Waals surface area contributed by atoms with E-state index in [0.717, 1.165) is 30.1 Å². The number of benzene rings is 1. The summed E-state index contributed by atoms with van der Waals surface area (Å²) in [6.45, 7) is 2.25. The first-order chi connectivity index (χ1) is 13.7. The quantitative estimate of drug-likeness (QED) is 0.348. The molecule has 2 aliphatic heterocycles. The highest BCUT2D eigenvalue weighted by molar-refractivity contribution is 8.77. The van der Waals surface area contributed by atoms with Crippen LogP contribution in [0.4, 0.5) is 0 Å². The van der Waals surface area contributed by atoms with Gasteiger partial charge in [0.1, 0.15) is 6.04 Å². The van der Waals surface area contributed by atoms with Crippen molar-refractivity contribution in [2.75, 3.05) is 19.2 Å². The first kappa shape index (κ1) is 21.2. The number of hydrogen-bond acceptors (Lipinski definition) is 7. The zero-order chi connectivity index (χ0) is 19.8. The summed E-state index contributed by atoms with van der Waals surface area (Å²) in [5.74, 6) is 2.07. The van der Waals surface area contributed by atoms with E-state index < -0.39 is 12.0 Å². The standard InChI is InChI=1S/C20H27NO5S2/c1-2-24-20(23)16(11-14-7-8-17-18(12-14)26-13-25-17)21-19(22)6-4-3-5-15-9-10-27-28-15/h7-8,12,15-16H,2-6,9-11,13H2,1H3,(H,21,22). The number of esters is 1. The molecule has 0 radical (unpaired) electrons. The minimum absolute atomic E-state index is 0.104. The first-order valence-corrected chi connectivity index (χ1v) is 12.2. The third-order valence-electron chi connectivity index (χ3n) is 4.69. The second-order valence-electron chi connectivity index (χ2n) is 6.84. The summed E-state index contributed by atoms with van der Waals surface area (Å²) < 4.78 is 15.9. The number of ether oxygens (including phenoxy) is 3. The van der Waals surface area contributed by atoms with Gasteiger partial charge in [0.15, 0.2) is 11.5 Å². The Bertz CT molecular complexity index is 679. The monoisotopic (exact) mass is 425 g/mol. The molecule has 1 saturated heterocycles. The summed E-state index contributed by atoms with van der Waals surface area (Å²) in [5, 5.41) is 3.58. The van der Waals surface area contributed by atoms with Crippen LogP contribution in [-0.4, -0.2) is 42.3 Å². The molecule has 2 atom stereocenters. The van der Waals surface area contributed by atoms with Crippen molar-refractivity contribution in [1.82, 2.24) is 5.32 Å². The van der Waals surface area contributed by atoms with Crippen molar-refractivity contribution in [3.63, 3.8) is 0 Å². The number of nitrogens with one attached hydrogen (secondary N) is 1. The number of carbonyl (C=O) groups is 2. The van der Waals surface area contributed by atoms with Gasteiger partial charge in [-0.1, -0.05) is 34.1 Å². The van der Waals surface area contributed by atoms with Crippen LogP contribution in [0.1, 0.15) is 44.6 Å². The third-order valence-corrected chi connectivity index (χ3v) is 7.70. The van der Waals surface area contributed by atoms with E-state index in [0.29, 0.717) is 24.3 Å². The molecule has 1 aromatic rings. The molecule has 154 valence electrons. The maximum absolute atomic E-state index is 12.4. The molecule has 1 N–H and O–H groups in total. The largest absolute Gasteiger partial charge is 0.464 e. The molecule has 1 fully saturated rings. The fourth-order valence-corrected chi connectivity index (χ4v) is 6.26. The second-order valence-corrected chi connectivity index (χ2v) is 9.63. The van der Waals surface area contributed by atoms with E-state index in [1.165, 1.54) is 12.2 Å². The lowest BCUT2D eigenvalue weighted by Crippen LogP contribution is -2.43. The summed E-state index contributed by atoms with van der Waals surface area (Å²) in [6, 6.07) is 4.84. The second kappa shape index (κ2) is 10.9. The van der Waals surface area contributed by atoms with Gasteiger partial charge in [-0.3, -0.25) is 4.79 Å². The van der Waals surface area contributed by atoms with E-state index in [1.54, 1.807) is 6.92 Å². The Labute approximate surface area is 173 Å². The minimum Gasteiger partial charge on any atom is -0.464 e. The molecular formula is C20H27NO5S2. The molecule has 2 heterocycles. The Morgan fingerprint density at radius 1 is 1.29 bits per heavy atom. The topological polar surface area (TPSA) is 73.9 Å². The maximum Gasteiger partial charge on any atom is 0.328 e. The van der Waals surface area contributed by atoms with Crippen LogP contribution < -0.4 is 14.8 Å². The van der Waals surface area contributed by atoms with Crippen molar-refractivity contribution in [2.45, 2.75) is 56.7 Å². The number of rotatable bonds is 10. The maximum atomic E-state index is 12.4. The third kappa shape index (κ3) is 6.24. The van der Waals surface area contributed by atoms with Crippen molar-refractivity contribution in [1.29, 1.82) is 0 Å². The van der Waals surface area contributed by atoms with Crippen molar-refractivity contribution in [3.8, 4) is 11.5 Å². The number of hydrogen-bond donors (Lipinski definition) is 1. The lowest BCUT2D eigenvalue weighted by atomic mass is 10.0. The molecule has 0 spiro atoms. The summed E-state index contributed by atoms with van der Waals surface area (Å²) in [5.41, 5.74) is 0.887. The number of unbranched alkanes of at least 4 members (excludes halogenated alkanes) is 1. The van der Waals surface area contributed by atoms with E-state index in [4.69, 9.17) is 14.2 Å². The van der Waals surface area contributed by atoms with E-state index in [2.05, 4.69) is 5.32 Å². The van der Waals surface area contributed by atoms with Gasteiger partial charge in [-0.05, 0) is 43.9 Å². The Balaban J connectivity index is 1.49. The van der Waals surface area contributed by atoms with Crippen molar-refractivity contribution in [3.05, 3.63) is 23.8 Å². The van der Waals surface area contributed by atoms with Crippen LogP contribution in [-0.2, 0) is 20.7 Å². The van der Waals surface area contributed by atoms with E-state index in [1.807, 2.05) is 39.8 Å². The molecule has 1 amide bonds. The Morgan fingerprint density at radius 3 is 2.93 bits per heavy atom. The minimum atomic E-state index is -0.699. The van der Waals surface area contributed by atoms with Crippen molar-refractivity contribution >= 4 is 33.5 Å². The predicted octanol–water partition coefficient (Wildman–Crippen LogP) is 3.72. The molecule has 0 aromatic heterocycles. The van der Waals surface area contributed by atoms with Crippen molar-refractivity contribution in [2.24, 2.45) is 0 Å². The van der Waals surface area contributed by atoms with Gasteiger partial charge in [-0.25, -0.2) is 4.79 Å². The normalized spacial score (nSPS) is 18.7. The zero-order valence-electron chi connectivity index (χ0n) is 16.1. The molecule has 0 aliphatic carbocycles. The van der Waals surface area contributed by atoms with Crippen LogP contribution in [0.5, 0.6) is 11.5 Å². The number of carbonyl (C=O) groups excluding carboxylic acids is 2. The molecule has 0 bridgehead atoms. The molecule has 28 heavy (non-hydrogen) atoms. The predicted molar refractivity (Wildman–Crippen MR) is 112 cm³/mol. The smallest absolute Gasteiger partial charge is 0.328 e. The van der Waals surface area contributed by atoms with E-state index >= 15 is 0 Å². The lowest BCUT2D eigenvalue weighted by Gasteiger charge is -2.18. The van der Waals surface area contributed by atoms with Crippen LogP contribution in [0.3, 0.4) is 0 Å². The lowest BCUT2D eigenvalue weighted by molar-refractivity contribution is -0.147. The van der Waals surface area contributed by atoms with E-state index in [-0.39, 0.29) is 19.3 Å². The molecule has 6 nitrogen and oxygen atoms in total. The highest BCUT2D eigenvalue weighted by atomic mass is 33.1. The molecular weight excluding hydrogens is 398 g/mol. The fourth-order valence-electron chi connectivity index (χ4n) is 3.23. The zero-order valence-corrected chi connectivity index (χ0v) is 17.7. The fraction of sp³-hybridized carbons (Fsp3) is 0.600. The highest BCUT2D eigenvalue weighted by Gasteiger charge is 2.24. The molecule has 8 heteroatoms. The SMILES string of the molecule is CCOC(=O)C(Cc1ccc2c(c1)OCO2)NC(=O)CCCCC1CCSS1. The van der Waals surface area contributed by atoms with Gasteiger partial charge >= 0.3 is 5.97 Å². The van der Waals surface area contributed by atoms with Gasteiger partial charge in [0, 0.05) is 23.8 Å².